The molecule has 1 aromatic carbocycles. The fraction of sp³-hybridized carbons (Fsp3) is 0.500. The van der Waals surface area contributed by atoms with E-state index in [0.717, 1.165) is 5.56 Å². The highest BCUT2D eigenvalue weighted by Gasteiger charge is 2.15. The average molecular weight is 310 g/mol. The van der Waals surface area contributed by atoms with Gasteiger partial charge in [-0.25, -0.2) is 9.18 Å². The van der Waals surface area contributed by atoms with Crippen LogP contribution in [-0.2, 0) is 9.53 Å². The van der Waals surface area contributed by atoms with Crippen molar-refractivity contribution < 1.29 is 18.7 Å². The minimum atomic E-state index is -0.551. The molecule has 2 N–H and O–H groups in total. The maximum absolute atomic E-state index is 13.6. The molecule has 0 saturated carbocycles. The van der Waals surface area contributed by atoms with Gasteiger partial charge < -0.3 is 15.4 Å². The Morgan fingerprint density at radius 1 is 1.27 bits per heavy atom. The second-order valence-corrected chi connectivity index (χ2v) is 6.06. The van der Waals surface area contributed by atoms with Gasteiger partial charge in [0.25, 0.3) is 0 Å². The lowest BCUT2D eigenvalue weighted by Gasteiger charge is -2.19. The first-order valence-electron chi connectivity index (χ1n) is 7.20. The Hall–Kier alpha value is -2.11. The molecule has 0 radical (unpaired) electrons. The molecule has 2 amide bonds. The van der Waals surface area contributed by atoms with Gasteiger partial charge in [-0.05, 0) is 51.8 Å². The first-order valence-corrected chi connectivity index (χ1v) is 7.20. The lowest BCUT2D eigenvalue weighted by Crippen LogP contribution is -2.33. The first-order chi connectivity index (χ1) is 10.2. The number of halogens is 1. The Morgan fingerprint density at radius 3 is 2.55 bits per heavy atom. The van der Waals surface area contributed by atoms with Gasteiger partial charge in [0.05, 0.1) is 5.69 Å². The standard InChI is InChI=1S/C16H23FN2O3/c1-11-7-8-13(12(17)10-11)19-14(20)6-5-9-18-15(21)22-16(2,3)4/h7-8,10H,5-6,9H2,1-4H3,(H,18,21)(H,19,20). The summed E-state index contributed by atoms with van der Waals surface area (Å²) in [5.41, 5.74) is 0.400. The summed E-state index contributed by atoms with van der Waals surface area (Å²) in [4.78, 5) is 23.1. The predicted molar refractivity (Wildman–Crippen MR) is 83.2 cm³/mol. The van der Waals surface area contributed by atoms with Crippen LogP contribution in [0, 0.1) is 12.7 Å². The molecule has 0 bridgehead atoms. The minimum absolute atomic E-state index is 0.163. The van der Waals surface area contributed by atoms with E-state index in [0.29, 0.717) is 13.0 Å². The van der Waals surface area contributed by atoms with Crippen molar-refractivity contribution in [2.75, 3.05) is 11.9 Å². The maximum Gasteiger partial charge on any atom is 0.407 e. The van der Waals surface area contributed by atoms with Gasteiger partial charge in [0.1, 0.15) is 11.4 Å². The topological polar surface area (TPSA) is 67.4 Å². The fourth-order valence-corrected chi connectivity index (χ4v) is 1.69. The third-order valence-corrected chi connectivity index (χ3v) is 2.65. The first kappa shape index (κ1) is 17.9. The van der Waals surface area contributed by atoms with Crippen LogP contribution in [0.3, 0.4) is 0 Å². The Morgan fingerprint density at radius 2 is 1.95 bits per heavy atom. The maximum atomic E-state index is 13.6. The van der Waals surface area contributed by atoms with Gasteiger partial charge in [0.15, 0.2) is 0 Å². The number of ether oxygens (including phenoxy) is 1. The molecule has 6 heteroatoms. The molecule has 0 fully saturated rings. The molecule has 0 aliphatic heterocycles. The predicted octanol–water partition coefficient (Wildman–Crippen LogP) is 3.38. The molecule has 0 heterocycles. The van der Waals surface area contributed by atoms with E-state index >= 15 is 0 Å². The van der Waals surface area contributed by atoms with Crippen LogP contribution in [0.1, 0.15) is 39.2 Å². The highest BCUT2D eigenvalue weighted by atomic mass is 19.1. The number of rotatable bonds is 5. The van der Waals surface area contributed by atoms with Gasteiger partial charge in [-0.3, -0.25) is 4.79 Å². The number of aryl methyl sites for hydroxylation is 1. The average Bonchev–Trinajstić information content (AvgIpc) is 2.36. The molecule has 122 valence electrons. The molecule has 0 saturated heterocycles. The van der Waals surface area contributed by atoms with Crippen LogP contribution < -0.4 is 10.6 Å². The number of nitrogens with one attached hydrogen (secondary N) is 2. The summed E-state index contributed by atoms with van der Waals surface area (Å²) in [6.07, 6.45) is 0.110. The Balaban J connectivity index is 2.28. The Kier molecular flexibility index (Phi) is 6.34. The van der Waals surface area contributed by atoms with E-state index in [9.17, 15) is 14.0 Å². The molecule has 0 spiro atoms. The number of benzene rings is 1. The lowest BCUT2D eigenvalue weighted by molar-refractivity contribution is -0.116. The highest BCUT2D eigenvalue weighted by molar-refractivity contribution is 5.90. The van der Waals surface area contributed by atoms with E-state index in [-0.39, 0.29) is 18.0 Å². The van der Waals surface area contributed by atoms with Gasteiger partial charge >= 0.3 is 6.09 Å². The molecule has 1 rings (SSSR count). The molecular weight excluding hydrogens is 287 g/mol. The number of hydrogen-bond donors (Lipinski definition) is 2. The highest BCUT2D eigenvalue weighted by Crippen LogP contribution is 2.15. The largest absolute Gasteiger partial charge is 0.444 e. The normalized spacial score (nSPS) is 11.0. The van der Waals surface area contributed by atoms with Crippen LogP contribution in [0.5, 0.6) is 0 Å². The van der Waals surface area contributed by atoms with Gasteiger partial charge in [0, 0.05) is 13.0 Å². The van der Waals surface area contributed by atoms with Gasteiger partial charge in [0.2, 0.25) is 5.91 Å². The van der Waals surface area contributed by atoms with E-state index < -0.39 is 17.5 Å². The number of hydrogen-bond acceptors (Lipinski definition) is 3. The van der Waals surface area contributed by atoms with Crippen molar-refractivity contribution in [1.29, 1.82) is 0 Å². The van der Waals surface area contributed by atoms with Gasteiger partial charge in [-0.1, -0.05) is 6.07 Å². The van der Waals surface area contributed by atoms with Crippen LogP contribution in [0.15, 0.2) is 18.2 Å². The zero-order valence-corrected chi connectivity index (χ0v) is 13.5. The summed E-state index contributed by atoms with van der Waals surface area (Å²) in [5.74, 6) is -0.756. The summed E-state index contributed by atoms with van der Waals surface area (Å²) < 4.78 is 18.6. The zero-order chi connectivity index (χ0) is 16.8. The number of anilines is 1. The van der Waals surface area contributed by atoms with Crippen LogP contribution in [0.25, 0.3) is 0 Å². The SMILES string of the molecule is Cc1ccc(NC(=O)CCCNC(=O)OC(C)(C)C)c(F)c1. The van der Waals surface area contributed by atoms with Crippen molar-refractivity contribution >= 4 is 17.7 Å². The Labute approximate surface area is 130 Å². The molecular formula is C16H23FN2O3. The quantitative estimate of drug-likeness (QED) is 0.819. The number of carbonyl (C=O) groups is 2. The van der Waals surface area contributed by atoms with Crippen LogP contribution in [-0.4, -0.2) is 24.1 Å². The molecule has 0 aliphatic carbocycles. The summed E-state index contributed by atoms with van der Waals surface area (Å²) >= 11 is 0. The summed E-state index contributed by atoms with van der Waals surface area (Å²) in [6, 6.07) is 4.62. The van der Waals surface area contributed by atoms with Crippen LogP contribution in [0.2, 0.25) is 0 Å². The molecule has 0 aromatic heterocycles. The van der Waals surface area contributed by atoms with Crippen molar-refractivity contribution in [1.82, 2.24) is 5.32 Å². The molecule has 0 atom stereocenters. The summed E-state index contributed by atoms with van der Waals surface area (Å²) in [7, 11) is 0. The second kappa shape index (κ2) is 7.77. The van der Waals surface area contributed by atoms with Gasteiger partial charge in [-0.15, -0.1) is 0 Å². The second-order valence-electron chi connectivity index (χ2n) is 6.06. The third kappa shape index (κ3) is 7.06. The smallest absolute Gasteiger partial charge is 0.407 e. The van der Waals surface area contributed by atoms with Crippen molar-refractivity contribution in [3.63, 3.8) is 0 Å². The number of amides is 2. The van der Waals surface area contributed by atoms with Crippen molar-refractivity contribution in [2.45, 2.75) is 46.1 Å². The lowest BCUT2D eigenvalue weighted by atomic mass is 10.2. The fourth-order valence-electron chi connectivity index (χ4n) is 1.69. The van der Waals surface area contributed by atoms with Gasteiger partial charge in [-0.2, -0.15) is 0 Å². The molecule has 0 aliphatic rings. The number of carbonyl (C=O) groups excluding carboxylic acids is 2. The number of alkyl carbamates (subject to hydrolysis) is 1. The molecule has 0 unspecified atom stereocenters. The Bertz CT molecular complexity index is 539. The molecule has 5 nitrogen and oxygen atoms in total. The third-order valence-electron chi connectivity index (χ3n) is 2.65. The molecule has 22 heavy (non-hydrogen) atoms. The minimum Gasteiger partial charge on any atom is -0.444 e. The summed E-state index contributed by atoms with van der Waals surface area (Å²) in [5, 5.41) is 5.07. The zero-order valence-electron chi connectivity index (χ0n) is 13.5. The van der Waals surface area contributed by atoms with E-state index in [1.54, 1.807) is 33.8 Å². The van der Waals surface area contributed by atoms with Crippen molar-refractivity contribution in [2.24, 2.45) is 0 Å². The van der Waals surface area contributed by atoms with Crippen LogP contribution >= 0.6 is 0 Å². The van der Waals surface area contributed by atoms with Crippen molar-refractivity contribution in [3.8, 4) is 0 Å². The van der Waals surface area contributed by atoms with Crippen LogP contribution in [0.4, 0.5) is 14.9 Å². The van der Waals surface area contributed by atoms with E-state index in [1.807, 2.05) is 0 Å². The van der Waals surface area contributed by atoms with E-state index in [1.165, 1.54) is 12.1 Å². The van der Waals surface area contributed by atoms with Crippen molar-refractivity contribution in [3.05, 3.63) is 29.6 Å². The molecule has 1 aromatic rings. The monoisotopic (exact) mass is 310 g/mol. The van der Waals surface area contributed by atoms with E-state index in [4.69, 9.17) is 4.74 Å². The summed E-state index contributed by atoms with van der Waals surface area (Å²) in [6.45, 7) is 7.41. The van der Waals surface area contributed by atoms with E-state index in [2.05, 4.69) is 10.6 Å².